The van der Waals surface area contributed by atoms with Crippen LogP contribution in [-0.2, 0) is 25.0 Å². The summed E-state index contributed by atoms with van der Waals surface area (Å²) >= 11 is 13.7. The normalized spacial score (nSPS) is 12.2. The number of hydrogen-bond donors (Lipinski definition) is 5. The summed E-state index contributed by atoms with van der Waals surface area (Å²) in [5.74, 6) is -1.05. The first-order valence-electron chi connectivity index (χ1n) is 40.0. The largest absolute Gasteiger partial charge is 0.467 e. The number of methoxy groups -OCH3 is 1. The number of nitrogens with zero attached hydrogens (tertiary/aromatic N) is 14. The molecule has 125 heavy (non-hydrogen) atoms. The number of urea groups is 1. The maximum Gasteiger partial charge on any atom is 0.320 e. The Kier molecular flexibility index (Phi) is 29.2. The molecule has 0 spiro atoms. The van der Waals surface area contributed by atoms with Crippen LogP contribution in [0.1, 0.15) is 86.2 Å². The van der Waals surface area contributed by atoms with E-state index >= 15 is 0 Å². The van der Waals surface area contributed by atoms with Crippen LogP contribution in [-0.4, -0.2) is 139 Å². The van der Waals surface area contributed by atoms with E-state index in [0.29, 0.717) is 98.1 Å². The van der Waals surface area contributed by atoms with E-state index in [0.717, 1.165) is 105 Å². The molecule has 0 radical (unpaired) electrons. The Balaban J connectivity index is 0.000000145. The molecule has 3 amide bonds. The number of aromatic nitrogens is 13. The maximum atomic E-state index is 14.2. The number of piperidine rings is 1. The molecular weight excluding hydrogens is 1670 g/mol. The van der Waals surface area contributed by atoms with E-state index in [2.05, 4.69) is 95.7 Å². The molecule has 0 saturated carbocycles. The van der Waals surface area contributed by atoms with Gasteiger partial charge in [0.05, 0.1) is 105 Å². The van der Waals surface area contributed by atoms with Gasteiger partial charge in [-0.1, -0.05) is 99.4 Å². The van der Waals surface area contributed by atoms with E-state index in [1.54, 1.807) is 102 Å². The first-order valence-corrected chi connectivity index (χ1v) is 41.6. The quantitative estimate of drug-likeness (QED) is 0.0372. The Morgan fingerprint density at radius 2 is 1.38 bits per heavy atom. The number of carbonyl (C=O) groups is 2. The van der Waals surface area contributed by atoms with Crippen LogP contribution in [0.15, 0.2) is 222 Å². The van der Waals surface area contributed by atoms with Crippen molar-refractivity contribution in [3.63, 3.8) is 0 Å². The van der Waals surface area contributed by atoms with E-state index in [1.807, 2.05) is 98.4 Å². The fourth-order valence-corrected chi connectivity index (χ4v) is 14.9. The molecule has 1 fully saturated rings. The van der Waals surface area contributed by atoms with Gasteiger partial charge in [0.1, 0.15) is 57.7 Å². The van der Waals surface area contributed by atoms with Gasteiger partial charge in [0.15, 0.2) is 11.6 Å². The summed E-state index contributed by atoms with van der Waals surface area (Å²) in [4.78, 5) is 57.9. The average Bonchev–Trinajstić information content (AvgIpc) is 1.76. The van der Waals surface area contributed by atoms with Gasteiger partial charge in [-0.3, -0.25) is 24.3 Å². The smallest absolute Gasteiger partial charge is 0.320 e. The second-order valence-electron chi connectivity index (χ2n) is 31.1. The highest BCUT2D eigenvalue weighted by Gasteiger charge is 2.27. The second-order valence-corrected chi connectivity index (χ2v) is 33.0. The van der Waals surface area contributed by atoms with Crippen molar-refractivity contribution < 1.29 is 50.9 Å². The lowest BCUT2D eigenvalue weighted by molar-refractivity contribution is 0.0948. The highest BCUT2D eigenvalue weighted by Crippen LogP contribution is 2.40. The lowest BCUT2D eigenvalue weighted by Gasteiger charge is -2.25. The molecule has 15 aromatic rings. The predicted octanol–water partition coefficient (Wildman–Crippen LogP) is 18.9. The molecule has 0 unspecified atom stereocenters. The van der Waals surface area contributed by atoms with Crippen molar-refractivity contribution >= 4 is 80.0 Å². The predicted molar refractivity (Wildman–Crippen MR) is 474 cm³/mol. The summed E-state index contributed by atoms with van der Waals surface area (Å²) < 4.78 is 94.9. The lowest BCUT2D eigenvalue weighted by atomic mass is 9.92. The highest BCUT2D eigenvalue weighted by atomic mass is 35.5. The molecule has 33 heteroatoms. The molecule has 1 saturated heterocycles. The average molecular weight is 1760 g/mol. The number of hydrogen-bond acceptors (Lipinski definition) is 18. The fourth-order valence-electron chi connectivity index (χ4n) is 13.6. The van der Waals surface area contributed by atoms with E-state index < -0.39 is 29.0 Å². The van der Waals surface area contributed by atoms with Gasteiger partial charge in [-0.15, -0.1) is 0 Å². The van der Waals surface area contributed by atoms with Crippen molar-refractivity contribution in [3.8, 4) is 68.5 Å². The van der Waals surface area contributed by atoms with Crippen LogP contribution in [0, 0.1) is 48.9 Å². The van der Waals surface area contributed by atoms with Gasteiger partial charge in [0, 0.05) is 88.3 Å². The van der Waals surface area contributed by atoms with Crippen LogP contribution in [0.2, 0.25) is 10.0 Å². The number of carbonyl (C=O) groups excluding carboxylic acids is 2. The number of likely N-dealkylation sites (N-methyl/N-ethyl adjacent to an activating group) is 1. The van der Waals surface area contributed by atoms with Crippen molar-refractivity contribution in [3.05, 3.63) is 285 Å². The van der Waals surface area contributed by atoms with Crippen LogP contribution in [0.4, 0.5) is 32.6 Å². The van der Waals surface area contributed by atoms with E-state index in [4.69, 9.17) is 42.5 Å². The number of fused-ring (bicyclic) bond motifs is 3. The van der Waals surface area contributed by atoms with Gasteiger partial charge < -0.3 is 44.7 Å². The monoisotopic (exact) mass is 1760 g/mol. The third-order valence-electron chi connectivity index (χ3n) is 19.9. The van der Waals surface area contributed by atoms with Crippen LogP contribution >= 0.6 is 35.0 Å². The Hall–Kier alpha value is -12.9. The Morgan fingerprint density at radius 3 is 2.08 bits per heavy atom. The number of nitrogens with one attached hydrogen (secondary N) is 4. The lowest BCUT2D eigenvalue weighted by Crippen LogP contribution is -2.31. The van der Waals surface area contributed by atoms with Gasteiger partial charge in [-0.2, -0.15) is 30.4 Å². The summed E-state index contributed by atoms with van der Waals surface area (Å²) in [6.45, 7) is 18.3. The van der Waals surface area contributed by atoms with Gasteiger partial charge in [0.2, 0.25) is 0 Å². The molecule has 7 aromatic heterocycles. The van der Waals surface area contributed by atoms with Crippen LogP contribution < -0.4 is 41.0 Å². The minimum atomic E-state index is -0.843. The standard InChI is InChI=1S/C31H33FN6O3.C22H26F2N4O2.C20H12Cl2FN3OS.C19H20FN5O/c1-20-5-8-24(9-6-20)38-29(17-28(36-38)31(2,3)4)35-30(40)33-18-22-15-23(32)7-12-27(22)41-25-10-11-26-21(16-25)19-34-37(26)13-14-39;1-14(2)13-28-19-11-17(22(29)25-7-8-27(3)4)21(9-15(19)12-26-28)30-20-6-5-16(23)10-18(20)24;1-11-5-7-16(14(23)9-11)28-17-8-6-15-19(20(27)24-10-26(15)25-17)18-12(21)3-2-4-13(18)22;1-26-19-22-11-8-16(24-19)18-17(13-2-4-14(20)5-3-13)23-12-25(18)15-6-9-21-10-7-15/h5-12,15-17,19,39H,13-14,18H2,1-4H3,(H2,33,35,40);5-6,9-12,14H,7-8,13H2,1-4H3,(H,25,29);2-10H,1H3;2-5,8,11-12,15,21H,6-7,9-10H2,1H3. The van der Waals surface area contributed by atoms with Gasteiger partial charge in [-0.05, 0) is 205 Å². The molecule has 1 aliphatic rings. The molecule has 8 aromatic carbocycles. The molecule has 0 atom stereocenters. The molecule has 25 nitrogen and oxygen atoms in total. The molecule has 0 bridgehead atoms. The molecule has 0 aliphatic carbocycles. The molecule has 8 heterocycles. The van der Waals surface area contributed by atoms with Crippen LogP contribution in [0.25, 0.3) is 66.8 Å². The van der Waals surface area contributed by atoms with Crippen LogP contribution in [0.5, 0.6) is 29.0 Å². The summed E-state index contributed by atoms with van der Waals surface area (Å²) in [5.41, 5.74) is 9.78. The minimum Gasteiger partial charge on any atom is -0.467 e. The number of amides is 3. The van der Waals surface area contributed by atoms with E-state index in [9.17, 15) is 41.4 Å². The SMILES string of the molecule is CC(C)Cn1ncc2cc(Oc3ccc(F)cc3F)c(C(=O)NCCN(C)C)cc21.COc1nccc(-c2c(-c3ccc(F)cc3)ncn2C2CCNCC2)n1.Cc1ccc(-n2nc(C(C)(C)C)cc2NC(=O)NCc2cc(F)ccc2Oc2ccc3c(cnn3CCO)c2)cc1.Cc1ccc(Sc2ccc3c(-c4c(Cl)cccc4Cl)c(=O)ncn3n2)c(F)c1. The zero-order chi connectivity index (χ0) is 88.8. The number of halogens is 7. The van der Waals surface area contributed by atoms with Gasteiger partial charge >= 0.3 is 12.0 Å². The summed E-state index contributed by atoms with van der Waals surface area (Å²) in [7, 11) is 5.37. The highest BCUT2D eigenvalue weighted by molar-refractivity contribution is 7.99. The van der Waals surface area contributed by atoms with Crippen LogP contribution in [0.3, 0.4) is 0 Å². The molecular formula is C92H91Cl2F5N18O7S. The maximum absolute atomic E-state index is 14.2. The summed E-state index contributed by atoms with van der Waals surface area (Å²) in [6.07, 6.45) is 10.3. The summed E-state index contributed by atoms with van der Waals surface area (Å²) in [5, 5.41) is 41.9. The van der Waals surface area contributed by atoms with Crippen molar-refractivity contribution in [2.24, 2.45) is 5.92 Å². The third kappa shape index (κ3) is 22.6. The number of ether oxygens (including phenoxy) is 3. The number of imidazole rings is 1. The minimum absolute atomic E-state index is 0.0133. The van der Waals surface area contributed by atoms with E-state index in [1.165, 1.54) is 65.1 Å². The fraction of sp³-hybridized carbons (Fsp3) is 0.250. The van der Waals surface area contributed by atoms with Crippen molar-refractivity contribution in [1.29, 1.82) is 0 Å². The first-order chi connectivity index (χ1) is 60.0. The molecule has 5 N–H and O–H groups in total. The number of aliphatic hydroxyl groups excluding tert-OH is 1. The Labute approximate surface area is 731 Å². The number of rotatable bonds is 23. The zero-order valence-corrected chi connectivity index (χ0v) is 72.4. The van der Waals surface area contributed by atoms with Gasteiger partial charge in [0.25, 0.3) is 11.5 Å². The molecule has 646 valence electrons. The topological polar surface area (TPSA) is 278 Å². The Morgan fingerprint density at radius 1 is 0.688 bits per heavy atom. The van der Waals surface area contributed by atoms with E-state index in [-0.39, 0.29) is 58.7 Å². The molecule has 1 aliphatic heterocycles. The van der Waals surface area contributed by atoms with Crippen molar-refractivity contribution in [2.75, 3.05) is 59.3 Å². The Bertz CT molecular complexity index is 6390. The van der Waals surface area contributed by atoms with Gasteiger partial charge in [-0.25, -0.2) is 45.9 Å². The zero-order valence-electron chi connectivity index (χ0n) is 70.1. The summed E-state index contributed by atoms with van der Waals surface area (Å²) in [6, 6.07) is 47.6. The number of aliphatic hydroxyl groups is 1. The third-order valence-corrected chi connectivity index (χ3v) is 21.5. The first kappa shape index (κ1) is 89.8. The number of aryl methyl sites for hydroxylation is 2. The van der Waals surface area contributed by atoms with Crippen molar-refractivity contribution in [1.82, 2.24) is 84.3 Å². The number of anilines is 1. The second kappa shape index (κ2) is 40.6. The van der Waals surface area contributed by atoms with Crippen molar-refractivity contribution in [2.45, 2.75) is 102 Å². The molecule has 16 rings (SSSR count). The number of benzene rings is 8.